The SMILES string of the molecule is C[C@H](Nc1ncnc(N)c1C#N)c1cc2ncc(Cl)n2nc1-c1cccc(C(F)(F)F)c1.S. The van der Waals surface area contributed by atoms with Crippen LogP contribution in [0.4, 0.5) is 24.8 Å². The minimum Gasteiger partial charge on any atom is -0.382 e. The molecular weight excluding hydrogens is 477 g/mol. The van der Waals surface area contributed by atoms with Gasteiger partial charge in [0.2, 0.25) is 0 Å². The Morgan fingerprint density at radius 1 is 1.21 bits per heavy atom. The fourth-order valence-corrected chi connectivity index (χ4v) is 3.37. The van der Waals surface area contributed by atoms with Crippen LogP contribution in [0, 0.1) is 11.3 Å². The van der Waals surface area contributed by atoms with Crippen LogP contribution in [0.2, 0.25) is 5.15 Å². The van der Waals surface area contributed by atoms with Crippen molar-refractivity contribution in [3.8, 4) is 17.3 Å². The number of hydrogen-bond donors (Lipinski definition) is 2. The van der Waals surface area contributed by atoms with Gasteiger partial charge in [0.15, 0.2) is 10.8 Å². The third-order valence-electron chi connectivity index (χ3n) is 4.75. The summed E-state index contributed by atoms with van der Waals surface area (Å²) in [6.45, 7) is 1.74. The highest BCUT2D eigenvalue weighted by molar-refractivity contribution is 7.59. The average Bonchev–Trinajstić information content (AvgIpc) is 3.12. The van der Waals surface area contributed by atoms with Gasteiger partial charge in [0.1, 0.15) is 29.6 Å². The van der Waals surface area contributed by atoms with Crippen LogP contribution < -0.4 is 11.1 Å². The van der Waals surface area contributed by atoms with Crippen molar-refractivity contribution in [3.63, 3.8) is 0 Å². The maximum atomic E-state index is 13.3. The molecule has 4 rings (SSSR count). The molecular formula is C20H16ClF3N8S. The standard InChI is InChI=1S/C20H14ClF3N8.H2S/c1-10(30-19-14(7-25)18(26)28-9-29-19)13-6-16-27-8-15(21)32(16)31-17(13)11-3-2-4-12(5-11)20(22,23)24;/h2-6,8-10H,1H3,(H3,26,28,29,30);1H2/t10-;/m0./s1. The summed E-state index contributed by atoms with van der Waals surface area (Å²) in [7, 11) is 0. The first-order chi connectivity index (χ1) is 15.2. The number of nitrogens with one attached hydrogen (secondary N) is 1. The highest BCUT2D eigenvalue weighted by Gasteiger charge is 2.31. The number of alkyl halides is 3. The second-order valence-corrected chi connectivity index (χ2v) is 7.23. The Morgan fingerprint density at radius 2 is 1.97 bits per heavy atom. The second kappa shape index (κ2) is 9.13. The van der Waals surface area contributed by atoms with Crippen LogP contribution in [0.25, 0.3) is 16.9 Å². The molecule has 1 atom stereocenters. The number of nitrogen functional groups attached to an aromatic ring is 1. The van der Waals surface area contributed by atoms with Gasteiger partial charge >= 0.3 is 6.18 Å². The molecule has 13 heteroatoms. The number of rotatable bonds is 4. The minimum absolute atomic E-state index is 0. The molecule has 8 nitrogen and oxygen atoms in total. The Bertz CT molecular complexity index is 1370. The van der Waals surface area contributed by atoms with Crippen molar-refractivity contribution < 1.29 is 13.2 Å². The molecule has 0 saturated carbocycles. The first-order valence-electron chi connectivity index (χ1n) is 9.18. The number of anilines is 2. The molecule has 33 heavy (non-hydrogen) atoms. The number of halogens is 4. The van der Waals surface area contributed by atoms with E-state index in [1.807, 2.05) is 6.07 Å². The molecule has 0 spiro atoms. The lowest BCUT2D eigenvalue weighted by atomic mass is 9.99. The summed E-state index contributed by atoms with van der Waals surface area (Å²) in [5.41, 5.74) is 6.39. The van der Waals surface area contributed by atoms with Crippen molar-refractivity contribution in [1.82, 2.24) is 24.6 Å². The number of benzene rings is 1. The summed E-state index contributed by atoms with van der Waals surface area (Å²) in [6, 6.07) is 7.87. The van der Waals surface area contributed by atoms with E-state index in [1.165, 1.54) is 29.2 Å². The largest absolute Gasteiger partial charge is 0.416 e. The van der Waals surface area contributed by atoms with Crippen molar-refractivity contribution in [3.05, 3.63) is 64.7 Å². The van der Waals surface area contributed by atoms with Crippen LogP contribution >= 0.6 is 25.1 Å². The second-order valence-electron chi connectivity index (χ2n) is 6.84. The molecule has 0 aliphatic heterocycles. The molecule has 4 aromatic rings. The third-order valence-corrected chi connectivity index (χ3v) is 5.01. The van der Waals surface area contributed by atoms with E-state index in [2.05, 4.69) is 25.4 Å². The fraction of sp³-hybridized carbons (Fsp3) is 0.150. The number of imidazole rings is 1. The molecule has 1 aromatic carbocycles. The van der Waals surface area contributed by atoms with Crippen molar-refractivity contribution in [2.45, 2.75) is 19.1 Å². The van der Waals surface area contributed by atoms with Crippen LogP contribution in [0.15, 0.2) is 42.9 Å². The lowest BCUT2D eigenvalue weighted by molar-refractivity contribution is -0.137. The van der Waals surface area contributed by atoms with E-state index in [9.17, 15) is 18.4 Å². The first-order valence-corrected chi connectivity index (χ1v) is 9.55. The van der Waals surface area contributed by atoms with E-state index in [4.69, 9.17) is 17.3 Å². The molecule has 3 heterocycles. The molecule has 0 aliphatic carbocycles. The highest BCUT2D eigenvalue weighted by atomic mass is 35.5. The van der Waals surface area contributed by atoms with Gasteiger partial charge < -0.3 is 11.1 Å². The molecule has 0 amide bonds. The zero-order valence-corrected chi connectivity index (χ0v) is 18.6. The van der Waals surface area contributed by atoms with E-state index >= 15 is 0 Å². The van der Waals surface area contributed by atoms with Crippen LogP contribution in [-0.2, 0) is 6.18 Å². The minimum atomic E-state index is -4.52. The van der Waals surface area contributed by atoms with Gasteiger partial charge in [-0.2, -0.15) is 37.0 Å². The zero-order valence-electron chi connectivity index (χ0n) is 16.9. The molecule has 3 N–H and O–H groups in total. The molecule has 0 radical (unpaired) electrons. The summed E-state index contributed by atoms with van der Waals surface area (Å²) in [5, 5.41) is 17.1. The Kier molecular flexibility index (Phi) is 6.66. The first kappa shape index (κ1) is 24.1. The van der Waals surface area contributed by atoms with Gasteiger partial charge in [-0.1, -0.05) is 23.7 Å². The summed E-state index contributed by atoms with van der Waals surface area (Å²) < 4.78 is 41.2. The fourth-order valence-electron chi connectivity index (χ4n) is 3.20. The lowest BCUT2D eigenvalue weighted by Gasteiger charge is -2.19. The van der Waals surface area contributed by atoms with Gasteiger partial charge in [0, 0.05) is 11.1 Å². The maximum absolute atomic E-state index is 13.3. The topological polar surface area (TPSA) is 118 Å². The summed E-state index contributed by atoms with van der Waals surface area (Å²) >= 11 is 6.13. The maximum Gasteiger partial charge on any atom is 0.416 e. The van der Waals surface area contributed by atoms with Gasteiger partial charge in [-0.15, -0.1) is 0 Å². The van der Waals surface area contributed by atoms with Crippen LogP contribution in [-0.4, -0.2) is 24.6 Å². The van der Waals surface area contributed by atoms with Crippen molar-refractivity contribution >= 4 is 42.4 Å². The van der Waals surface area contributed by atoms with Crippen molar-refractivity contribution in [2.24, 2.45) is 0 Å². The normalized spacial score (nSPS) is 12.1. The van der Waals surface area contributed by atoms with Crippen LogP contribution in [0.3, 0.4) is 0 Å². The number of fused-ring (bicyclic) bond motifs is 1. The van der Waals surface area contributed by atoms with E-state index in [0.29, 0.717) is 11.2 Å². The Hall–Kier alpha value is -3.56. The van der Waals surface area contributed by atoms with E-state index < -0.39 is 17.8 Å². The smallest absolute Gasteiger partial charge is 0.382 e. The average molecular weight is 493 g/mol. The Balaban J connectivity index is 0.00000306. The zero-order chi connectivity index (χ0) is 23.0. The monoisotopic (exact) mass is 492 g/mol. The van der Waals surface area contributed by atoms with E-state index in [1.54, 1.807) is 13.0 Å². The predicted octanol–water partition coefficient (Wildman–Crippen LogP) is 4.60. The molecule has 170 valence electrons. The Labute approximate surface area is 197 Å². The number of nitrogens with zero attached hydrogens (tertiary/aromatic N) is 6. The summed E-state index contributed by atoms with van der Waals surface area (Å²) in [6.07, 6.45) is -1.92. The molecule has 0 saturated heterocycles. The Morgan fingerprint density at radius 3 is 2.67 bits per heavy atom. The molecule has 0 fully saturated rings. The van der Waals surface area contributed by atoms with Gasteiger partial charge in [0.25, 0.3) is 0 Å². The van der Waals surface area contributed by atoms with Gasteiger partial charge in [-0.3, -0.25) is 0 Å². The third kappa shape index (κ3) is 4.64. The van der Waals surface area contributed by atoms with Gasteiger partial charge in [-0.05, 0) is 25.1 Å². The molecule has 3 aromatic heterocycles. The van der Waals surface area contributed by atoms with Gasteiger partial charge in [-0.25, -0.2) is 19.5 Å². The summed E-state index contributed by atoms with van der Waals surface area (Å²) in [5.74, 6) is 0.188. The lowest BCUT2D eigenvalue weighted by Crippen LogP contribution is -2.14. The number of nitrogens with two attached hydrogens (primary N) is 1. The van der Waals surface area contributed by atoms with Crippen molar-refractivity contribution in [2.75, 3.05) is 11.1 Å². The van der Waals surface area contributed by atoms with Gasteiger partial charge in [0.05, 0.1) is 23.5 Å². The molecule has 0 bridgehead atoms. The molecule has 0 aliphatic rings. The van der Waals surface area contributed by atoms with Crippen molar-refractivity contribution in [1.29, 1.82) is 5.26 Å². The number of nitriles is 1. The summed E-state index contributed by atoms with van der Waals surface area (Å²) in [4.78, 5) is 12.0. The van der Waals surface area contributed by atoms with E-state index in [-0.39, 0.29) is 47.1 Å². The highest BCUT2D eigenvalue weighted by Crippen LogP contribution is 2.35. The van der Waals surface area contributed by atoms with E-state index in [0.717, 1.165) is 12.1 Å². The predicted molar refractivity (Wildman–Crippen MR) is 122 cm³/mol. The van der Waals surface area contributed by atoms with Crippen LogP contribution in [0.1, 0.15) is 29.7 Å². The van der Waals surface area contributed by atoms with Crippen LogP contribution in [0.5, 0.6) is 0 Å². The molecule has 0 unspecified atom stereocenters. The quantitative estimate of drug-likeness (QED) is 0.427. The number of aromatic nitrogens is 5. The number of hydrogen-bond acceptors (Lipinski definition) is 7.